The maximum absolute atomic E-state index is 12.8. The number of carbonyl (C=O) groups is 3. The highest BCUT2D eigenvalue weighted by molar-refractivity contribution is 9.10. The molecule has 1 heterocycles. The number of rotatable bonds is 7. The molecule has 1 aliphatic carbocycles. The Morgan fingerprint density at radius 1 is 1.12 bits per heavy atom. The van der Waals surface area contributed by atoms with E-state index >= 15 is 0 Å². The minimum Gasteiger partial charge on any atom is -0.481 e. The molecule has 0 saturated heterocycles. The van der Waals surface area contributed by atoms with Gasteiger partial charge in [0.15, 0.2) is 0 Å². The molecule has 1 aliphatic rings. The van der Waals surface area contributed by atoms with Gasteiger partial charge in [-0.3, -0.25) is 14.3 Å². The third kappa shape index (κ3) is 4.67. The van der Waals surface area contributed by atoms with Gasteiger partial charge < -0.3 is 20.5 Å². The number of alkyl carbamates (subject to hydrolysis) is 1. The molecule has 0 aliphatic heterocycles. The summed E-state index contributed by atoms with van der Waals surface area (Å²) in [5, 5.41) is 18.4. The summed E-state index contributed by atoms with van der Waals surface area (Å²) in [6, 6.07) is 14.5. The van der Waals surface area contributed by atoms with E-state index in [0.29, 0.717) is 16.0 Å². The van der Waals surface area contributed by atoms with Crippen LogP contribution in [0.4, 0.5) is 10.6 Å². The maximum atomic E-state index is 12.8. The molecule has 0 radical (unpaired) electrons. The number of benzene rings is 2. The van der Waals surface area contributed by atoms with Crippen LogP contribution in [0, 0.1) is 6.92 Å². The first-order chi connectivity index (χ1) is 16.3. The highest BCUT2D eigenvalue weighted by atomic mass is 79.9. The van der Waals surface area contributed by atoms with Crippen molar-refractivity contribution in [3.05, 3.63) is 69.8 Å². The smallest absolute Gasteiger partial charge is 0.407 e. The molecule has 3 aromatic rings. The fraction of sp³-hybridized carbons (Fsp3) is 0.250. The molecular formula is C24H23BrN4O5. The zero-order valence-electron chi connectivity index (χ0n) is 18.5. The van der Waals surface area contributed by atoms with E-state index in [1.54, 1.807) is 14.0 Å². The molecule has 3 N–H and O–H groups in total. The van der Waals surface area contributed by atoms with Crippen molar-refractivity contribution in [3.8, 4) is 11.1 Å². The van der Waals surface area contributed by atoms with Crippen molar-refractivity contribution in [2.45, 2.75) is 25.3 Å². The Kier molecular flexibility index (Phi) is 6.69. The van der Waals surface area contributed by atoms with E-state index in [9.17, 15) is 19.5 Å². The largest absolute Gasteiger partial charge is 0.481 e. The number of nitrogens with zero attached hydrogens (tertiary/aromatic N) is 2. The molecule has 1 atom stereocenters. The van der Waals surface area contributed by atoms with Crippen molar-refractivity contribution in [1.29, 1.82) is 0 Å². The number of anilines is 1. The van der Waals surface area contributed by atoms with Crippen LogP contribution >= 0.6 is 15.9 Å². The topological polar surface area (TPSA) is 123 Å². The first-order valence-corrected chi connectivity index (χ1v) is 11.4. The van der Waals surface area contributed by atoms with Gasteiger partial charge in [0.2, 0.25) is 5.91 Å². The van der Waals surface area contributed by atoms with Crippen LogP contribution in [-0.4, -0.2) is 45.5 Å². The lowest BCUT2D eigenvalue weighted by molar-refractivity contribution is -0.139. The number of amides is 2. The monoisotopic (exact) mass is 526 g/mol. The molecule has 9 nitrogen and oxygen atoms in total. The predicted octanol–water partition coefficient (Wildman–Crippen LogP) is 3.81. The summed E-state index contributed by atoms with van der Waals surface area (Å²) in [6.07, 6.45) is -1.48. The molecule has 2 amide bonds. The number of hydrogen-bond donors (Lipinski definition) is 3. The van der Waals surface area contributed by atoms with Crippen molar-refractivity contribution < 1.29 is 24.2 Å². The number of halogens is 1. The van der Waals surface area contributed by atoms with Crippen molar-refractivity contribution in [2.24, 2.45) is 7.05 Å². The number of ether oxygens (including phenoxy) is 1. The van der Waals surface area contributed by atoms with E-state index in [1.807, 2.05) is 48.5 Å². The molecule has 0 spiro atoms. The summed E-state index contributed by atoms with van der Waals surface area (Å²) in [5.41, 5.74) is 4.93. The number of fused-ring (bicyclic) bond motifs is 3. The summed E-state index contributed by atoms with van der Waals surface area (Å²) in [6.45, 7) is 1.80. The summed E-state index contributed by atoms with van der Waals surface area (Å²) in [4.78, 5) is 36.7. The normalized spacial score (nSPS) is 13.0. The number of carboxylic acid groups (broad SMARTS) is 1. The SMILES string of the molecule is Cc1nn(C)c(NC(=O)C(CC(=O)O)NC(=O)OCC2c3ccccc3-c3ccccc32)c1Br. The highest BCUT2D eigenvalue weighted by Crippen LogP contribution is 2.44. The third-order valence-electron chi connectivity index (χ3n) is 5.72. The second kappa shape index (κ2) is 9.68. The average Bonchev–Trinajstić information content (AvgIpc) is 3.25. The van der Waals surface area contributed by atoms with Gasteiger partial charge in [-0.1, -0.05) is 48.5 Å². The third-order valence-corrected chi connectivity index (χ3v) is 6.67. The summed E-state index contributed by atoms with van der Waals surface area (Å²) >= 11 is 3.34. The van der Waals surface area contributed by atoms with Crippen LogP contribution in [-0.2, 0) is 21.4 Å². The first kappa shape index (κ1) is 23.5. The van der Waals surface area contributed by atoms with Crippen molar-refractivity contribution >= 4 is 39.7 Å². The van der Waals surface area contributed by atoms with Gasteiger partial charge in [0.25, 0.3) is 0 Å². The Morgan fingerprint density at radius 3 is 2.24 bits per heavy atom. The van der Waals surface area contributed by atoms with E-state index in [0.717, 1.165) is 22.3 Å². The van der Waals surface area contributed by atoms with Gasteiger partial charge in [0, 0.05) is 13.0 Å². The van der Waals surface area contributed by atoms with Crippen LogP contribution in [0.3, 0.4) is 0 Å². The second-order valence-corrected chi connectivity index (χ2v) is 8.77. The van der Waals surface area contributed by atoms with Crippen LogP contribution in [0.1, 0.15) is 29.2 Å². The molecule has 176 valence electrons. The molecule has 4 rings (SSSR count). The summed E-state index contributed by atoms with van der Waals surface area (Å²) in [5.74, 6) is -1.73. The van der Waals surface area contributed by atoms with Gasteiger partial charge in [-0.15, -0.1) is 0 Å². The molecule has 0 saturated carbocycles. The van der Waals surface area contributed by atoms with Crippen LogP contribution < -0.4 is 10.6 Å². The van der Waals surface area contributed by atoms with Gasteiger partial charge >= 0.3 is 12.1 Å². The Bertz CT molecular complexity index is 1230. The lowest BCUT2D eigenvalue weighted by Crippen LogP contribution is -2.45. The Balaban J connectivity index is 1.45. The minimum atomic E-state index is -1.34. The quantitative estimate of drug-likeness (QED) is 0.430. The van der Waals surface area contributed by atoms with Gasteiger partial charge in [0.05, 0.1) is 16.6 Å². The van der Waals surface area contributed by atoms with Crippen LogP contribution in [0.5, 0.6) is 0 Å². The van der Waals surface area contributed by atoms with E-state index in [2.05, 4.69) is 31.7 Å². The number of hydrogen-bond acceptors (Lipinski definition) is 5. The van der Waals surface area contributed by atoms with E-state index in [4.69, 9.17) is 4.74 Å². The summed E-state index contributed by atoms with van der Waals surface area (Å²) in [7, 11) is 1.64. The fourth-order valence-corrected chi connectivity index (χ4v) is 4.57. The van der Waals surface area contributed by atoms with Crippen LogP contribution in [0.15, 0.2) is 53.0 Å². The van der Waals surface area contributed by atoms with E-state index in [1.165, 1.54) is 4.68 Å². The molecule has 0 fully saturated rings. The summed E-state index contributed by atoms with van der Waals surface area (Å²) < 4.78 is 7.47. The number of nitrogens with one attached hydrogen (secondary N) is 2. The molecule has 0 bridgehead atoms. The molecule has 1 unspecified atom stereocenters. The van der Waals surface area contributed by atoms with Crippen molar-refractivity contribution in [2.75, 3.05) is 11.9 Å². The standard InChI is InChI=1S/C24H23BrN4O5/c1-13-21(25)22(29(2)28-13)27-23(32)19(11-20(30)31)26-24(33)34-12-18-16-9-5-3-7-14(16)15-8-4-6-10-17(15)18/h3-10,18-19H,11-12H2,1-2H3,(H,26,33)(H,27,32)(H,30,31). The van der Waals surface area contributed by atoms with Gasteiger partial charge in [-0.05, 0) is 45.1 Å². The maximum Gasteiger partial charge on any atom is 0.407 e. The molecule has 10 heteroatoms. The number of aromatic nitrogens is 2. The van der Waals surface area contributed by atoms with Gasteiger partial charge in [0.1, 0.15) is 18.5 Å². The fourth-order valence-electron chi connectivity index (χ4n) is 4.14. The minimum absolute atomic E-state index is 0.0493. The van der Waals surface area contributed by atoms with Gasteiger partial charge in [-0.25, -0.2) is 4.79 Å². The Hall–Kier alpha value is -3.66. The van der Waals surface area contributed by atoms with Gasteiger partial charge in [-0.2, -0.15) is 5.10 Å². The average molecular weight is 527 g/mol. The van der Waals surface area contributed by atoms with E-state index in [-0.39, 0.29) is 12.5 Å². The Morgan fingerprint density at radius 2 is 1.71 bits per heavy atom. The lowest BCUT2D eigenvalue weighted by Gasteiger charge is -2.19. The zero-order valence-corrected chi connectivity index (χ0v) is 20.1. The number of carboxylic acids is 1. The van der Waals surface area contributed by atoms with Crippen molar-refractivity contribution in [3.63, 3.8) is 0 Å². The van der Waals surface area contributed by atoms with Crippen molar-refractivity contribution in [1.82, 2.24) is 15.1 Å². The predicted molar refractivity (Wildman–Crippen MR) is 129 cm³/mol. The first-order valence-electron chi connectivity index (χ1n) is 10.6. The highest BCUT2D eigenvalue weighted by Gasteiger charge is 2.30. The van der Waals surface area contributed by atoms with E-state index < -0.39 is 30.4 Å². The van der Waals surface area contributed by atoms with Crippen LogP contribution in [0.25, 0.3) is 11.1 Å². The van der Waals surface area contributed by atoms with Crippen LogP contribution in [0.2, 0.25) is 0 Å². The molecule has 1 aromatic heterocycles. The zero-order chi connectivity index (χ0) is 24.4. The molecule has 34 heavy (non-hydrogen) atoms. The number of aryl methyl sites for hydroxylation is 2. The number of aliphatic carboxylic acids is 1. The lowest BCUT2D eigenvalue weighted by atomic mass is 9.98. The molecular weight excluding hydrogens is 504 g/mol. The molecule has 2 aromatic carbocycles. The second-order valence-electron chi connectivity index (χ2n) is 7.98. The Labute approximate surface area is 204 Å². The number of carbonyl (C=O) groups excluding carboxylic acids is 2.